The van der Waals surface area contributed by atoms with E-state index in [1.165, 1.54) is 27.8 Å². The number of para-hydroxylation sites is 2. The number of amides is 1. The molecular weight excluding hydrogens is 386 g/mol. The van der Waals surface area contributed by atoms with Crippen molar-refractivity contribution in [1.82, 2.24) is 19.7 Å². The minimum atomic E-state index is -0.550. The summed E-state index contributed by atoms with van der Waals surface area (Å²) in [6.07, 6.45) is 3.29. The Hall–Kier alpha value is -3.88. The van der Waals surface area contributed by atoms with Gasteiger partial charge >= 0.3 is 0 Å². The standard InChI is InChI=1S/C21H21N5O4/c1-14(2)24(13-16-7-6-10-22-12-16)21(28)20-19(27)11-15(3)25(23-20)17-8-4-5-9-18(17)26(29)30/h4-12,14H,13H2,1-3H3. The number of pyridine rings is 1. The first-order chi connectivity index (χ1) is 14.3. The van der Waals surface area contributed by atoms with Crippen molar-refractivity contribution in [3.8, 4) is 5.69 Å². The number of hydrogen-bond donors (Lipinski definition) is 0. The lowest BCUT2D eigenvalue weighted by Gasteiger charge is -2.26. The van der Waals surface area contributed by atoms with Gasteiger partial charge in [-0.1, -0.05) is 18.2 Å². The molecule has 2 aromatic heterocycles. The molecule has 0 saturated carbocycles. The molecule has 0 unspecified atom stereocenters. The zero-order valence-electron chi connectivity index (χ0n) is 16.8. The summed E-state index contributed by atoms with van der Waals surface area (Å²) in [6.45, 7) is 5.53. The van der Waals surface area contributed by atoms with Gasteiger partial charge in [-0.25, -0.2) is 4.68 Å². The molecule has 0 aliphatic heterocycles. The van der Waals surface area contributed by atoms with Gasteiger partial charge in [-0.05, 0) is 38.5 Å². The molecule has 0 fully saturated rings. The second kappa shape index (κ2) is 8.64. The van der Waals surface area contributed by atoms with E-state index in [1.807, 2.05) is 19.9 Å². The van der Waals surface area contributed by atoms with Crippen molar-refractivity contribution < 1.29 is 9.72 Å². The molecule has 0 aliphatic rings. The van der Waals surface area contributed by atoms with Crippen LogP contribution < -0.4 is 5.43 Å². The average Bonchev–Trinajstić information content (AvgIpc) is 2.72. The number of aryl methyl sites for hydroxylation is 1. The quantitative estimate of drug-likeness (QED) is 0.459. The minimum absolute atomic E-state index is 0.175. The SMILES string of the molecule is Cc1cc(=O)c(C(=O)N(Cc2cccnc2)C(C)C)nn1-c1ccccc1[N+](=O)[O-]. The fourth-order valence-corrected chi connectivity index (χ4v) is 3.05. The Morgan fingerprint density at radius 1 is 1.23 bits per heavy atom. The van der Waals surface area contributed by atoms with Gasteiger partial charge in [-0.15, -0.1) is 0 Å². The van der Waals surface area contributed by atoms with E-state index in [0.29, 0.717) is 5.69 Å². The van der Waals surface area contributed by atoms with Gasteiger partial charge in [-0.3, -0.25) is 24.7 Å². The third kappa shape index (κ3) is 4.24. The number of nitro benzene ring substituents is 1. The Balaban J connectivity index is 2.08. The van der Waals surface area contributed by atoms with Gasteiger partial charge in [0.1, 0.15) is 5.69 Å². The van der Waals surface area contributed by atoms with Crippen molar-refractivity contribution in [3.05, 3.63) is 92.1 Å². The maximum Gasteiger partial charge on any atom is 0.294 e. The average molecular weight is 407 g/mol. The molecule has 30 heavy (non-hydrogen) atoms. The molecule has 0 bridgehead atoms. The van der Waals surface area contributed by atoms with Crippen molar-refractivity contribution in [2.24, 2.45) is 0 Å². The second-order valence-electron chi connectivity index (χ2n) is 7.04. The molecule has 0 atom stereocenters. The molecule has 2 heterocycles. The van der Waals surface area contributed by atoms with Crippen LogP contribution in [0.3, 0.4) is 0 Å². The number of nitrogens with zero attached hydrogens (tertiary/aromatic N) is 5. The first-order valence-corrected chi connectivity index (χ1v) is 9.34. The summed E-state index contributed by atoms with van der Waals surface area (Å²) in [6, 6.07) is 10.7. The number of benzene rings is 1. The van der Waals surface area contributed by atoms with Gasteiger partial charge in [0.05, 0.1) is 4.92 Å². The highest BCUT2D eigenvalue weighted by atomic mass is 16.6. The molecule has 0 spiro atoms. The number of aromatic nitrogens is 3. The van der Waals surface area contributed by atoms with Crippen LogP contribution in [0.1, 0.15) is 35.6 Å². The minimum Gasteiger partial charge on any atom is -0.330 e. The van der Waals surface area contributed by atoms with E-state index in [9.17, 15) is 19.7 Å². The first-order valence-electron chi connectivity index (χ1n) is 9.34. The summed E-state index contributed by atoms with van der Waals surface area (Å²) >= 11 is 0. The number of carbonyl (C=O) groups excluding carboxylic acids is 1. The van der Waals surface area contributed by atoms with Crippen LogP contribution in [0.15, 0.2) is 59.7 Å². The van der Waals surface area contributed by atoms with E-state index < -0.39 is 16.3 Å². The molecule has 1 aromatic carbocycles. The lowest BCUT2D eigenvalue weighted by Crippen LogP contribution is -2.40. The first kappa shape index (κ1) is 20.8. The number of carbonyl (C=O) groups is 1. The highest BCUT2D eigenvalue weighted by Crippen LogP contribution is 2.22. The Bertz CT molecular complexity index is 1140. The van der Waals surface area contributed by atoms with Crippen molar-refractivity contribution in [2.45, 2.75) is 33.4 Å². The Labute approximate surface area is 172 Å². The summed E-state index contributed by atoms with van der Waals surface area (Å²) in [5, 5.41) is 15.6. The third-order valence-electron chi connectivity index (χ3n) is 4.58. The smallest absolute Gasteiger partial charge is 0.294 e. The van der Waals surface area contributed by atoms with Crippen LogP contribution in [0.2, 0.25) is 0 Å². The van der Waals surface area contributed by atoms with Crippen LogP contribution in [-0.2, 0) is 6.54 Å². The fraction of sp³-hybridized carbons (Fsp3) is 0.238. The third-order valence-corrected chi connectivity index (χ3v) is 4.58. The Kier molecular flexibility index (Phi) is 6.01. The van der Waals surface area contributed by atoms with Gasteiger partial charge in [-0.2, -0.15) is 5.10 Å². The van der Waals surface area contributed by atoms with Crippen molar-refractivity contribution >= 4 is 11.6 Å². The second-order valence-corrected chi connectivity index (χ2v) is 7.04. The lowest BCUT2D eigenvalue weighted by atomic mass is 10.2. The monoisotopic (exact) mass is 407 g/mol. The molecule has 9 heteroatoms. The maximum absolute atomic E-state index is 13.2. The van der Waals surface area contributed by atoms with Gasteiger partial charge < -0.3 is 4.90 Å². The Morgan fingerprint density at radius 3 is 2.60 bits per heavy atom. The van der Waals surface area contributed by atoms with E-state index in [0.717, 1.165) is 5.56 Å². The summed E-state index contributed by atoms with van der Waals surface area (Å²) in [7, 11) is 0. The molecule has 0 N–H and O–H groups in total. The fourth-order valence-electron chi connectivity index (χ4n) is 3.05. The van der Waals surface area contributed by atoms with Crippen molar-refractivity contribution in [2.75, 3.05) is 0 Å². The normalized spacial score (nSPS) is 10.8. The van der Waals surface area contributed by atoms with Crippen LogP contribution >= 0.6 is 0 Å². The highest BCUT2D eigenvalue weighted by molar-refractivity contribution is 5.92. The molecule has 0 radical (unpaired) electrons. The van der Waals surface area contributed by atoms with E-state index in [1.54, 1.807) is 37.5 Å². The molecule has 0 aliphatic carbocycles. The van der Waals surface area contributed by atoms with Gasteiger partial charge in [0.25, 0.3) is 11.6 Å². The summed E-state index contributed by atoms with van der Waals surface area (Å²) in [5.74, 6) is -0.550. The van der Waals surface area contributed by atoms with Gasteiger partial charge in [0.2, 0.25) is 5.43 Å². The molecule has 154 valence electrons. The summed E-state index contributed by atoms with van der Waals surface area (Å²) < 4.78 is 1.26. The highest BCUT2D eigenvalue weighted by Gasteiger charge is 2.25. The number of hydrogen-bond acceptors (Lipinski definition) is 6. The van der Waals surface area contributed by atoms with Gasteiger partial charge in [0.15, 0.2) is 5.69 Å². The molecule has 3 rings (SSSR count). The van der Waals surface area contributed by atoms with E-state index >= 15 is 0 Å². The Morgan fingerprint density at radius 2 is 1.97 bits per heavy atom. The molecule has 9 nitrogen and oxygen atoms in total. The predicted molar refractivity (Wildman–Crippen MR) is 110 cm³/mol. The van der Waals surface area contributed by atoms with Crippen LogP contribution in [0.4, 0.5) is 5.69 Å². The van der Waals surface area contributed by atoms with Crippen LogP contribution in [0, 0.1) is 17.0 Å². The van der Waals surface area contributed by atoms with Crippen LogP contribution in [-0.4, -0.2) is 36.5 Å². The number of nitro groups is 1. The molecule has 3 aromatic rings. The lowest BCUT2D eigenvalue weighted by molar-refractivity contribution is -0.384. The summed E-state index contributed by atoms with van der Waals surface area (Å²) in [5.41, 5.74) is 0.365. The zero-order valence-corrected chi connectivity index (χ0v) is 16.8. The van der Waals surface area contributed by atoms with E-state index in [4.69, 9.17) is 0 Å². The maximum atomic E-state index is 13.2. The van der Waals surface area contributed by atoms with E-state index in [2.05, 4.69) is 10.1 Å². The summed E-state index contributed by atoms with van der Waals surface area (Å²) in [4.78, 5) is 42.3. The topological polar surface area (TPSA) is 111 Å². The predicted octanol–water partition coefficient (Wildman–Crippen LogP) is 2.89. The molecule has 0 saturated heterocycles. The van der Waals surface area contributed by atoms with Crippen molar-refractivity contribution in [1.29, 1.82) is 0 Å². The largest absolute Gasteiger partial charge is 0.330 e. The molecule has 1 amide bonds. The van der Waals surface area contributed by atoms with Gasteiger partial charge in [0, 0.05) is 42.8 Å². The van der Waals surface area contributed by atoms with E-state index in [-0.39, 0.29) is 29.7 Å². The van der Waals surface area contributed by atoms with Crippen molar-refractivity contribution in [3.63, 3.8) is 0 Å². The molecular formula is C21H21N5O4. The zero-order chi connectivity index (χ0) is 21.8. The number of rotatable bonds is 6. The van der Waals surface area contributed by atoms with Crippen LogP contribution in [0.5, 0.6) is 0 Å². The van der Waals surface area contributed by atoms with Crippen LogP contribution in [0.25, 0.3) is 5.69 Å².